The maximum absolute atomic E-state index is 13.4. The van der Waals surface area contributed by atoms with Crippen LogP contribution in [0.2, 0.25) is 0 Å². The number of anilines is 1. The zero-order chi connectivity index (χ0) is 11.4. The highest BCUT2D eigenvalue weighted by Crippen LogP contribution is 2.22. The molecule has 5 heteroatoms. The summed E-state index contributed by atoms with van der Waals surface area (Å²) in [5.41, 5.74) is 6.04. The number of aliphatic hydroxyl groups is 1. The Kier molecular flexibility index (Phi) is 4.50. The van der Waals surface area contributed by atoms with Gasteiger partial charge in [-0.1, -0.05) is 15.9 Å². The van der Waals surface area contributed by atoms with E-state index < -0.39 is 0 Å². The van der Waals surface area contributed by atoms with Crippen LogP contribution >= 0.6 is 15.9 Å². The molecule has 3 nitrogen and oxygen atoms in total. The maximum atomic E-state index is 13.4. The first-order chi connectivity index (χ1) is 7.04. The fourth-order valence-corrected chi connectivity index (χ4v) is 1.64. The summed E-state index contributed by atoms with van der Waals surface area (Å²) in [7, 11) is 1.74. The van der Waals surface area contributed by atoms with Crippen LogP contribution in [0.4, 0.5) is 10.1 Å². The first kappa shape index (κ1) is 12.4. The lowest BCUT2D eigenvalue weighted by Gasteiger charge is -2.22. The fraction of sp³-hybridized carbons (Fsp3) is 0.400. The van der Waals surface area contributed by atoms with Crippen LogP contribution in [0, 0.1) is 5.82 Å². The number of halogens is 2. The van der Waals surface area contributed by atoms with Gasteiger partial charge < -0.3 is 15.7 Å². The topological polar surface area (TPSA) is 49.5 Å². The molecular weight excluding hydrogens is 263 g/mol. The molecule has 1 aromatic carbocycles. The molecule has 0 amide bonds. The average molecular weight is 277 g/mol. The lowest BCUT2D eigenvalue weighted by molar-refractivity contribution is 0.267. The lowest BCUT2D eigenvalue weighted by Crippen LogP contribution is -2.38. The van der Waals surface area contributed by atoms with Crippen molar-refractivity contribution >= 4 is 21.6 Å². The molecule has 15 heavy (non-hydrogen) atoms. The fourth-order valence-electron chi connectivity index (χ4n) is 1.29. The summed E-state index contributed by atoms with van der Waals surface area (Å²) in [6.07, 6.45) is 0. The molecule has 0 spiro atoms. The normalized spacial score (nSPS) is 12.6. The molecule has 0 saturated carbocycles. The largest absolute Gasteiger partial charge is 0.395 e. The molecule has 1 rings (SSSR count). The number of likely N-dealkylation sites (N-methyl/N-ethyl adjacent to an activating group) is 1. The second kappa shape index (κ2) is 5.44. The van der Waals surface area contributed by atoms with Crippen LogP contribution in [0.25, 0.3) is 0 Å². The predicted octanol–water partition coefficient (Wildman–Crippen LogP) is 1.34. The Bertz CT molecular complexity index is 335. The molecule has 0 unspecified atom stereocenters. The molecule has 0 saturated heterocycles. The van der Waals surface area contributed by atoms with Gasteiger partial charge in [-0.05, 0) is 18.2 Å². The van der Waals surface area contributed by atoms with Gasteiger partial charge in [-0.2, -0.15) is 0 Å². The number of nitrogens with two attached hydrogens (primary N) is 1. The molecule has 0 aromatic heterocycles. The Labute approximate surface area is 96.8 Å². The van der Waals surface area contributed by atoms with Gasteiger partial charge in [0.05, 0.1) is 12.3 Å². The zero-order valence-corrected chi connectivity index (χ0v) is 10.0. The quantitative estimate of drug-likeness (QED) is 0.873. The molecule has 0 aliphatic carbocycles. The third kappa shape index (κ3) is 3.44. The van der Waals surface area contributed by atoms with Gasteiger partial charge >= 0.3 is 0 Å². The van der Waals surface area contributed by atoms with Gasteiger partial charge in [-0.25, -0.2) is 4.39 Å². The molecule has 1 aromatic rings. The number of benzene rings is 1. The third-order valence-corrected chi connectivity index (χ3v) is 2.56. The van der Waals surface area contributed by atoms with E-state index in [1.807, 2.05) is 0 Å². The van der Waals surface area contributed by atoms with Crippen molar-refractivity contribution < 1.29 is 9.50 Å². The average Bonchev–Trinajstić information content (AvgIpc) is 2.21. The van der Waals surface area contributed by atoms with Crippen LogP contribution in [0.15, 0.2) is 22.7 Å². The SMILES string of the molecule is CN(C[C@@H](N)CO)c1cc(Br)ccc1F. The summed E-state index contributed by atoms with van der Waals surface area (Å²) in [6, 6.07) is 4.34. The lowest BCUT2D eigenvalue weighted by atomic mass is 10.2. The van der Waals surface area contributed by atoms with Crippen molar-refractivity contribution in [1.29, 1.82) is 0 Å². The van der Waals surface area contributed by atoms with Gasteiger partial charge in [-0.3, -0.25) is 0 Å². The smallest absolute Gasteiger partial charge is 0.146 e. The van der Waals surface area contributed by atoms with Crippen molar-refractivity contribution in [2.75, 3.05) is 25.1 Å². The molecule has 0 bridgehead atoms. The van der Waals surface area contributed by atoms with Gasteiger partial charge in [-0.15, -0.1) is 0 Å². The Balaban J connectivity index is 2.80. The second-order valence-corrected chi connectivity index (χ2v) is 4.33. The van der Waals surface area contributed by atoms with E-state index in [1.54, 1.807) is 24.1 Å². The molecule has 0 radical (unpaired) electrons. The van der Waals surface area contributed by atoms with E-state index in [-0.39, 0.29) is 18.5 Å². The first-order valence-corrected chi connectivity index (χ1v) is 5.36. The molecule has 84 valence electrons. The van der Waals surface area contributed by atoms with Gasteiger partial charge in [0.25, 0.3) is 0 Å². The monoisotopic (exact) mass is 276 g/mol. The van der Waals surface area contributed by atoms with Crippen LogP contribution in [-0.2, 0) is 0 Å². The van der Waals surface area contributed by atoms with Gasteiger partial charge in [0, 0.05) is 24.1 Å². The first-order valence-electron chi connectivity index (χ1n) is 4.57. The minimum atomic E-state index is -0.367. The minimum Gasteiger partial charge on any atom is -0.395 e. The van der Waals surface area contributed by atoms with Crippen LogP contribution in [0.3, 0.4) is 0 Å². The zero-order valence-electron chi connectivity index (χ0n) is 8.45. The van der Waals surface area contributed by atoms with Crippen molar-refractivity contribution in [2.24, 2.45) is 5.73 Å². The van der Waals surface area contributed by atoms with Crippen molar-refractivity contribution in [3.05, 3.63) is 28.5 Å². The summed E-state index contributed by atoms with van der Waals surface area (Å²) in [4.78, 5) is 1.68. The molecule has 0 aliphatic heterocycles. The second-order valence-electron chi connectivity index (χ2n) is 3.42. The summed E-state index contributed by atoms with van der Waals surface area (Å²) >= 11 is 3.27. The minimum absolute atomic E-state index is 0.111. The number of nitrogens with zero attached hydrogens (tertiary/aromatic N) is 1. The van der Waals surface area contributed by atoms with Crippen LogP contribution in [0.5, 0.6) is 0 Å². The Morgan fingerprint density at radius 2 is 2.27 bits per heavy atom. The summed E-state index contributed by atoms with van der Waals surface area (Å²) < 4.78 is 14.2. The van der Waals surface area contributed by atoms with Gasteiger partial charge in [0.15, 0.2) is 0 Å². The van der Waals surface area contributed by atoms with Crippen molar-refractivity contribution in [3.8, 4) is 0 Å². The van der Waals surface area contributed by atoms with Crippen LogP contribution < -0.4 is 10.6 Å². The number of rotatable bonds is 4. The van der Waals surface area contributed by atoms with E-state index in [9.17, 15) is 4.39 Å². The van der Waals surface area contributed by atoms with Crippen molar-refractivity contribution in [2.45, 2.75) is 6.04 Å². The van der Waals surface area contributed by atoms with E-state index in [0.29, 0.717) is 12.2 Å². The summed E-state index contributed by atoms with van der Waals surface area (Å²) in [6.45, 7) is 0.295. The van der Waals surface area contributed by atoms with Crippen LogP contribution in [0.1, 0.15) is 0 Å². The number of hydrogen-bond donors (Lipinski definition) is 2. The summed E-state index contributed by atoms with van der Waals surface area (Å²) in [5.74, 6) is -0.300. The third-order valence-electron chi connectivity index (χ3n) is 2.06. The van der Waals surface area contributed by atoms with E-state index in [4.69, 9.17) is 10.8 Å². The number of aliphatic hydroxyl groups excluding tert-OH is 1. The van der Waals surface area contributed by atoms with Crippen molar-refractivity contribution in [3.63, 3.8) is 0 Å². The Morgan fingerprint density at radius 1 is 1.60 bits per heavy atom. The molecule has 1 atom stereocenters. The highest BCUT2D eigenvalue weighted by Gasteiger charge is 2.11. The molecule has 3 N–H and O–H groups in total. The van der Waals surface area contributed by atoms with Gasteiger partial charge in [0.2, 0.25) is 0 Å². The maximum Gasteiger partial charge on any atom is 0.146 e. The van der Waals surface area contributed by atoms with Gasteiger partial charge in [0.1, 0.15) is 5.82 Å². The molecule has 0 heterocycles. The van der Waals surface area contributed by atoms with E-state index in [1.165, 1.54) is 6.07 Å². The van der Waals surface area contributed by atoms with E-state index >= 15 is 0 Å². The van der Waals surface area contributed by atoms with Crippen LogP contribution in [-0.4, -0.2) is 31.3 Å². The predicted molar refractivity (Wildman–Crippen MR) is 62.4 cm³/mol. The molecule has 0 aliphatic rings. The Hall–Kier alpha value is -0.650. The van der Waals surface area contributed by atoms with Crippen molar-refractivity contribution in [1.82, 2.24) is 0 Å². The highest BCUT2D eigenvalue weighted by atomic mass is 79.9. The standard InChI is InChI=1S/C10H14BrFN2O/c1-14(5-8(13)6-15)10-4-7(11)2-3-9(10)12/h2-4,8,15H,5-6,13H2,1H3/t8-/m1/s1. The highest BCUT2D eigenvalue weighted by molar-refractivity contribution is 9.10. The van der Waals surface area contributed by atoms with E-state index in [0.717, 1.165) is 4.47 Å². The Morgan fingerprint density at radius 3 is 2.87 bits per heavy atom. The molecule has 0 fully saturated rings. The number of hydrogen-bond acceptors (Lipinski definition) is 3. The molecular formula is C10H14BrFN2O. The summed E-state index contributed by atoms with van der Waals surface area (Å²) in [5, 5.41) is 8.80. The van der Waals surface area contributed by atoms with E-state index in [2.05, 4.69) is 15.9 Å².